The van der Waals surface area contributed by atoms with Gasteiger partial charge in [-0.05, 0) is 34.8 Å². The van der Waals surface area contributed by atoms with Gasteiger partial charge in [-0.25, -0.2) is 4.79 Å². The summed E-state index contributed by atoms with van der Waals surface area (Å²) in [6.45, 7) is 6.16. The van der Waals surface area contributed by atoms with Crippen LogP contribution in [-0.2, 0) is 0 Å². The first kappa shape index (κ1) is 11.3. The molecular weight excluding hydrogens is 246 g/mol. The second-order valence-corrected chi connectivity index (χ2v) is 4.66. The highest BCUT2D eigenvalue weighted by Gasteiger charge is 2.17. The van der Waals surface area contributed by atoms with Crippen LogP contribution in [-0.4, -0.2) is 15.6 Å². The van der Waals surface area contributed by atoms with Crippen molar-refractivity contribution < 1.29 is 9.90 Å². The van der Waals surface area contributed by atoms with Crippen molar-refractivity contribution in [1.29, 1.82) is 0 Å². The van der Waals surface area contributed by atoms with E-state index in [-0.39, 0.29) is 6.04 Å². The van der Waals surface area contributed by atoms with Crippen LogP contribution in [0, 0.1) is 5.92 Å². The lowest BCUT2D eigenvalue weighted by Crippen LogP contribution is -2.15. The van der Waals surface area contributed by atoms with E-state index in [1.807, 2.05) is 13.1 Å². The maximum atomic E-state index is 10.9. The number of hydrogen-bond donors (Lipinski definition) is 1. The highest BCUT2D eigenvalue weighted by atomic mass is 79.9. The largest absolute Gasteiger partial charge is 0.477 e. The Balaban J connectivity index is 3.12. The molecule has 0 aliphatic carbocycles. The number of carboxylic acid groups (broad SMARTS) is 1. The SMILES string of the molecule is CC(C)C(C)n1cc(Br)cc1C(=O)O. The monoisotopic (exact) mass is 259 g/mol. The maximum Gasteiger partial charge on any atom is 0.352 e. The van der Waals surface area contributed by atoms with Gasteiger partial charge in [-0.1, -0.05) is 13.8 Å². The Morgan fingerprint density at radius 1 is 1.50 bits per heavy atom. The highest BCUT2D eigenvalue weighted by molar-refractivity contribution is 9.10. The quantitative estimate of drug-likeness (QED) is 0.906. The fourth-order valence-corrected chi connectivity index (χ4v) is 1.71. The van der Waals surface area contributed by atoms with Crippen LogP contribution in [0.25, 0.3) is 0 Å². The molecule has 1 unspecified atom stereocenters. The number of nitrogens with zero attached hydrogens (tertiary/aromatic N) is 1. The Morgan fingerprint density at radius 2 is 2.07 bits per heavy atom. The van der Waals surface area contributed by atoms with Crippen LogP contribution in [0.4, 0.5) is 0 Å². The van der Waals surface area contributed by atoms with Crippen molar-refractivity contribution in [2.75, 3.05) is 0 Å². The van der Waals surface area contributed by atoms with Crippen LogP contribution in [0.15, 0.2) is 16.7 Å². The van der Waals surface area contributed by atoms with Crippen LogP contribution in [0.3, 0.4) is 0 Å². The average molecular weight is 260 g/mol. The summed E-state index contributed by atoms with van der Waals surface area (Å²) in [4.78, 5) is 10.9. The molecule has 1 atom stereocenters. The maximum absolute atomic E-state index is 10.9. The van der Waals surface area contributed by atoms with E-state index in [1.165, 1.54) is 0 Å². The van der Waals surface area contributed by atoms with Gasteiger partial charge in [0.2, 0.25) is 0 Å². The molecule has 3 nitrogen and oxygen atoms in total. The van der Waals surface area contributed by atoms with Gasteiger partial charge >= 0.3 is 5.97 Å². The van der Waals surface area contributed by atoms with Gasteiger partial charge in [-0.3, -0.25) is 0 Å². The first-order valence-electron chi connectivity index (χ1n) is 4.54. The lowest BCUT2D eigenvalue weighted by Gasteiger charge is -2.19. The summed E-state index contributed by atoms with van der Waals surface area (Å²) in [5, 5.41) is 8.97. The third kappa shape index (κ3) is 2.18. The molecule has 0 saturated carbocycles. The molecular formula is C10H14BrNO2. The van der Waals surface area contributed by atoms with Crippen molar-refractivity contribution in [3.63, 3.8) is 0 Å². The molecule has 1 rings (SSSR count). The van der Waals surface area contributed by atoms with Crippen LogP contribution < -0.4 is 0 Å². The van der Waals surface area contributed by atoms with Gasteiger partial charge < -0.3 is 9.67 Å². The molecule has 0 bridgehead atoms. The molecule has 4 heteroatoms. The Labute approximate surface area is 91.9 Å². The minimum Gasteiger partial charge on any atom is -0.477 e. The first-order valence-corrected chi connectivity index (χ1v) is 5.33. The number of hydrogen-bond acceptors (Lipinski definition) is 1. The zero-order chi connectivity index (χ0) is 10.9. The van der Waals surface area contributed by atoms with E-state index in [4.69, 9.17) is 5.11 Å². The summed E-state index contributed by atoms with van der Waals surface area (Å²) in [5.41, 5.74) is 0.332. The highest BCUT2D eigenvalue weighted by Crippen LogP contribution is 2.24. The number of aromatic nitrogens is 1. The molecule has 0 aromatic carbocycles. The molecule has 0 radical (unpaired) electrons. The topological polar surface area (TPSA) is 42.2 Å². The summed E-state index contributed by atoms with van der Waals surface area (Å²) in [6.07, 6.45) is 1.81. The van der Waals surface area contributed by atoms with E-state index >= 15 is 0 Å². The van der Waals surface area contributed by atoms with E-state index in [1.54, 1.807) is 10.6 Å². The zero-order valence-electron chi connectivity index (χ0n) is 8.49. The van der Waals surface area contributed by atoms with Gasteiger partial charge in [0.05, 0.1) is 0 Å². The predicted octanol–water partition coefficient (Wildman–Crippen LogP) is 3.17. The minimum absolute atomic E-state index is 0.187. The zero-order valence-corrected chi connectivity index (χ0v) is 10.1. The van der Waals surface area contributed by atoms with Gasteiger partial charge in [0, 0.05) is 16.7 Å². The van der Waals surface area contributed by atoms with Crippen molar-refractivity contribution in [1.82, 2.24) is 4.57 Å². The molecule has 1 N–H and O–H groups in total. The van der Waals surface area contributed by atoms with Crippen LogP contribution in [0.1, 0.15) is 37.3 Å². The summed E-state index contributed by atoms with van der Waals surface area (Å²) in [7, 11) is 0. The first-order chi connectivity index (χ1) is 6.43. The van der Waals surface area contributed by atoms with Gasteiger partial charge in [-0.2, -0.15) is 0 Å². The fraction of sp³-hybridized carbons (Fsp3) is 0.500. The Morgan fingerprint density at radius 3 is 2.50 bits per heavy atom. The molecule has 78 valence electrons. The van der Waals surface area contributed by atoms with Gasteiger partial charge in [-0.15, -0.1) is 0 Å². The summed E-state index contributed by atoms with van der Waals surface area (Å²) >= 11 is 3.28. The van der Waals surface area contributed by atoms with Crippen molar-refractivity contribution in [2.45, 2.75) is 26.8 Å². The molecule has 1 aromatic rings. The number of carboxylic acids is 1. The van der Waals surface area contributed by atoms with Gasteiger partial charge in [0.25, 0.3) is 0 Å². The Kier molecular flexibility index (Phi) is 3.37. The van der Waals surface area contributed by atoms with E-state index in [9.17, 15) is 4.79 Å². The summed E-state index contributed by atoms with van der Waals surface area (Å²) < 4.78 is 2.60. The lowest BCUT2D eigenvalue weighted by molar-refractivity contribution is 0.0681. The second kappa shape index (κ2) is 4.17. The van der Waals surface area contributed by atoms with Crippen molar-refractivity contribution in [2.24, 2.45) is 5.92 Å². The minimum atomic E-state index is -0.886. The number of halogens is 1. The number of carbonyl (C=O) groups is 1. The Hall–Kier alpha value is -0.770. The van der Waals surface area contributed by atoms with Crippen molar-refractivity contribution in [3.05, 3.63) is 22.4 Å². The third-order valence-corrected chi connectivity index (χ3v) is 2.87. The average Bonchev–Trinajstić information content (AvgIpc) is 2.45. The third-order valence-electron chi connectivity index (χ3n) is 2.44. The smallest absolute Gasteiger partial charge is 0.352 e. The Bertz CT molecular complexity index is 344. The fourth-order valence-electron chi connectivity index (χ4n) is 1.28. The molecule has 0 aliphatic heterocycles. The number of rotatable bonds is 3. The van der Waals surface area contributed by atoms with Gasteiger partial charge in [0.1, 0.15) is 5.69 Å². The van der Waals surface area contributed by atoms with Crippen LogP contribution in [0.5, 0.6) is 0 Å². The van der Waals surface area contributed by atoms with E-state index < -0.39 is 5.97 Å². The van der Waals surface area contributed by atoms with E-state index in [0.717, 1.165) is 4.47 Å². The van der Waals surface area contributed by atoms with Crippen LogP contribution >= 0.6 is 15.9 Å². The van der Waals surface area contributed by atoms with Gasteiger partial charge in [0.15, 0.2) is 0 Å². The molecule has 14 heavy (non-hydrogen) atoms. The number of aromatic carboxylic acids is 1. The molecule has 0 fully saturated rings. The van der Waals surface area contributed by atoms with Crippen molar-refractivity contribution in [3.8, 4) is 0 Å². The molecule has 0 amide bonds. The van der Waals surface area contributed by atoms with Crippen molar-refractivity contribution >= 4 is 21.9 Å². The molecule has 0 aliphatic rings. The summed E-state index contributed by atoms with van der Waals surface area (Å²) in [6, 6.07) is 1.81. The molecule has 1 aromatic heterocycles. The van der Waals surface area contributed by atoms with Crippen LogP contribution in [0.2, 0.25) is 0 Å². The molecule has 1 heterocycles. The normalized spacial score (nSPS) is 13.2. The second-order valence-electron chi connectivity index (χ2n) is 3.74. The predicted molar refractivity (Wildman–Crippen MR) is 58.6 cm³/mol. The van der Waals surface area contributed by atoms with E-state index in [0.29, 0.717) is 11.6 Å². The lowest BCUT2D eigenvalue weighted by atomic mass is 10.1. The molecule has 0 spiro atoms. The molecule has 0 saturated heterocycles. The van der Waals surface area contributed by atoms with E-state index in [2.05, 4.69) is 29.8 Å². The standard InChI is InChI=1S/C10H14BrNO2/c1-6(2)7(3)12-5-8(11)4-9(12)10(13)14/h4-7H,1-3H3,(H,13,14). The summed E-state index contributed by atoms with van der Waals surface area (Å²) in [5.74, 6) is -0.476.